The maximum atomic E-state index is 12.5. The van der Waals surface area contributed by atoms with Gasteiger partial charge in [0, 0.05) is 11.1 Å². The monoisotopic (exact) mass is 268 g/mol. The maximum absolute atomic E-state index is 12.5. The molecule has 20 heavy (non-hydrogen) atoms. The molecule has 102 valence electrons. The molecule has 1 unspecified atom stereocenters. The zero-order valence-electron chi connectivity index (χ0n) is 11.3. The molecule has 1 aliphatic rings. The predicted molar refractivity (Wildman–Crippen MR) is 76.3 cm³/mol. The minimum Gasteiger partial charge on any atom is -0.491 e. The lowest BCUT2D eigenvalue weighted by Gasteiger charge is -2.08. The second kappa shape index (κ2) is 5.47. The first-order chi connectivity index (χ1) is 9.74. The van der Waals surface area contributed by atoms with Crippen LogP contribution in [0, 0.1) is 6.92 Å². The Morgan fingerprint density at radius 2 is 2.05 bits per heavy atom. The number of benzene rings is 2. The third kappa shape index (κ3) is 2.89. The summed E-state index contributed by atoms with van der Waals surface area (Å²) in [5.41, 5.74) is 2.36. The zero-order valence-corrected chi connectivity index (χ0v) is 11.3. The van der Waals surface area contributed by atoms with Gasteiger partial charge < -0.3 is 9.47 Å². The number of ketones is 1. The number of hydrogen-bond acceptors (Lipinski definition) is 3. The molecular weight excluding hydrogens is 252 g/mol. The molecule has 2 aromatic carbocycles. The molecule has 0 aromatic heterocycles. The van der Waals surface area contributed by atoms with Crippen molar-refractivity contribution in [1.29, 1.82) is 0 Å². The van der Waals surface area contributed by atoms with Gasteiger partial charge in [0.15, 0.2) is 5.78 Å². The first-order valence-corrected chi connectivity index (χ1v) is 6.69. The number of hydrogen-bond donors (Lipinski definition) is 0. The van der Waals surface area contributed by atoms with Crippen LogP contribution in [0.15, 0.2) is 48.5 Å². The highest BCUT2D eigenvalue weighted by Gasteiger charge is 2.23. The number of carbonyl (C=O) groups excluding carboxylic acids is 1. The molecule has 0 spiro atoms. The second-order valence-corrected chi connectivity index (χ2v) is 4.94. The van der Waals surface area contributed by atoms with Crippen LogP contribution in [0.2, 0.25) is 0 Å². The van der Waals surface area contributed by atoms with Crippen LogP contribution in [0.25, 0.3) is 0 Å². The Labute approximate surface area is 118 Å². The fourth-order valence-electron chi connectivity index (χ4n) is 2.06. The fourth-order valence-corrected chi connectivity index (χ4v) is 2.06. The number of aryl methyl sites for hydroxylation is 1. The zero-order chi connectivity index (χ0) is 13.9. The van der Waals surface area contributed by atoms with Crippen LogP contribution in [0.1, 0.15) is 21.5 Å². The van der Waals surface area contributed by atoms with Crippen molar-refractivity contribution < 1.29 is 14.3 Å². The van der Waals surface area contributed by atoms with E-state index in [2.05, 4.69) is 0 Å². The molecule has 0 bridgehead atoms. The third-order valence-electron chi connectivity index (χ3n) is 3.32. The average Bonchev–Trinajstić information content (AvgIpc) is 3.29. The molecule has 0 saturated carbocycles. The minimum absolute atomic E-state index is 0.0243. The van der Waals surface area contributed by atoms with E-state index in [1.54, 1.807) is 6.07 Å². The Morgan fingerprint density at radius 1 is 1.25 bits per heavy atom. The molecule has 3 rings (SSSR count). The Morgan fingerprint density at radius 3 is 2.80 bits per heavy atom. The summed E-state index contributed by atoms with van der Waals surface area (Å²) in [6, 6.07) is 14.9. The second-order valence-electron chi connectivity index (χ2n) is 4.94. The number of rotatable bonds is 5. The van der Waals surface area contributed by atoms with Crippen molar-refractivity contribution in [3.05, 3.63) is 65.2 Å². The van der Waals surface area contributed by atoms with E-state index < -0.39 is 0 Å². The van der Waals surface area contributed by atoms with E-state index in [0.717, 1.165) is 17.7 Å². The smallest absolute Gasteiger partial charge is 0.193 e. The van der Waals surface area contributed by atoms with Crippen molar-refractivity contribution in [2.45, 2.75) is 13.0 Å². The summed E-state index contributed by atoms with van der Waals surface area (Å²) in [4.78, 5) is 12.5. The van der Waals surface area contributed by atoms with Crippen molar-refractivity contribution in [3.8, 4) is 5.75 Å². The molecule has 3 heteroatoms. The quantitative estimate of drug-likeness (QED) is 0.618. The van der Waals surface area contributed by atoms with E-state index >= 15 is 0 Å². The summed E-state index contributed by atoms with van der Waals surface area (Å²) >= 11 is 0. The molecule has 0 N–H and O–H groups in total. The Bertz CT molecular complexity index is 630. The van der Waals surface area contributed by atoms with Gasteiger partial charge in [0.1, 0.15) is 18.5 Å². The largest absolute Gasteiger partial charge is 0.491 e. The molecule has 0 radical (unpaired) electrons. The number of carbonyl (C=O) groups is 1. The molecule has 0 aliphatic carbocycles. The van der Waals surface area contributed by atoms with Crippen molar-refractivity contribution in [3.63, 3.8) is 0 Å². The van der Waals surface area contributed by atoms with E-state index in [0.29, 0.717) is 17.9 Å². The van der Waals surface area contributed by atoms with Crippen LogP contribution in [0.5, 0.6) is 5.75 Å². The first-order valence-electron chi connectivity index (χ1n) is 6.69. The molecule has 1 heterocycles. The van der Waals surface area contributed by atoms with Crippen molar-refractivity contribution in [1.82, 2.24) is 0 Å². The summed E-state index contributed by atoms with van der Waals surface area (Å²) in [6.07, 6.45) is 0.214. The summed E-state index contributed by atoms with van der Waals surface area (Å²) in [5, 5.41) is 0. The van der Waals surface area contributed by atoms with Crippen molar-refractivity contribution >= 4 is 5.78 Å². The van der Waals surface area contributed by atoms with Gasteiger partial charge in [-0.25, -0.2) is 0 Å². The molecule has 3 nitrogen and oxygen atoms in total. The summed E-state index contributed by atoms with van der Waals surface area (Å²) in [7, 11) is 0. The lowest BCUT2D eigenvalue weighted by Crippen LogP contribution is -2.06. The van der Waals surface area contributed by atoms with E-state index in [-0.39, 0.29) is 11.9 Å². The topological polar surface area (TPSA) is 38.8 Å². The van der Waals surface area contributed by atoms with Crippen LogP contribution in [0.3, 0.4) is 0 Å². The van der Waals surface area contributed by atoms with Crippen molar-refractivity contribution in [2.24, 2.45) is 0 Å². The summed E-state index contributed by atoms with van der Waals surface area (Å²) in [6.45, 7) is 3.25. The molecule has 1 aliphatic heterocycles. The number of epoxide rings is 1. The van der Waals surface area contributed by atoms with Gasteiger partial charge >= 0.3 is 0 Å². The fraction of sp³-hybridized carbons (Fsp3) is 0.235. The van der Waals surface area contributed by atoms with Crippen LogP contribution in [-0.4, -0.2) is 25.1 Å². The van der Waals surface area contributed by atoms with E-state index in [4.69, 9.17) is 9.47 Å². The van der Waals surface area contributed by atoms with Gasteiger partial charge in [-0.3, -0.25) is 4.79 Å². The average molecular weight is 268 g/mol. The van der Waals surface area contributed by atoms with Crippen LogP contribution in [-0.2, 0) is 4.74 Å². The summed E-state index contributed by atoms with van der Waals surface area (Å²) < 4.78 is 10.7. The highest BCUT2D eigenvalue weighted by molar-refractivity contribution is 6.10. The molecular formula is C17H16O3. The van der Waals surface area contributed by atoms with E-state index in [1.807, 2.05) is 49.4 Å². The SMILES string of the molecule is Cc1ccccc1C(=O)c1cccc(OCC2CO2)c1. The molecule has 1 atom stereocenters. The van der Waals surface area contributed by atoms with Gasteiger partial charge in [-0.2, -0.15) is 0 Å². The maximum Gasteiger partial charge on any atom is 0.193 e. The lowest BCUT2D eigenvalue weighted by atomic mass is 9.99. The first kappa shape index (κ1) is 12.9. The van der Waals surface area contributed by atoms with Crippen molar-refractivity contribution in [2.75, 3.05) is 13.2 Å². The van der Waals surface area contributed by atoms with Gasteiger partial charge in [0.2, 0.25) is 0 Å². The highest BCUT2D eigenvalue weighted by Crippen LogP contribution is 2.20. The number of ether oxygens (including phenoxy) is 2. The molecule has 1 saturated heterocycles. The molecule has 2 aromatic rings. The Balaban J connectivity index is 1.80. The highest BCUT2D eigenvalue weighted by atomic mass is 16.6. The van der Waals surface area contributed by atoms with Crippen LogP contribution < -0.4 is 4.74 Å². The molecule has 1 fully saturated rings. The normalized spacial score (nSPS) is 16.8. The predicted octanol–water partition coefficient (Wildman–Crippen LogP) is 3.00. The minimum atomic E-state index is 0.0243. The Kier molecular flexibility index (Phi) is 3.52. The van der Waals surface area contributed by atoms with Crippen LogP contribution in [0.4, 0.5) is 0 Å². The van der Waals surface area contributed by atoms with Gasteiger partial charge in [-0.1, -0.05) is 36.4 Å². The van der Waals surface area contributed by atoms with Crippen LogP contribution >= 0.6 is 0 Å². The standard InChI is InChI=1S/C17H16O3/c1-12-5-2-3-8-16(12)17(18)13-6-4-7-14(9-13)19-10-15-11-20-15/h2-9,15H,10-11H2,1H3. The Hall–Kier alpha value is -2.13. The van der Waals surface area contributed by atoms with Gasteiger partial charge in [0.25, 0.3) is 0 Å². The summed E-state index contributed by atoms with van der Waals surface area (Å²) in [5.74, 6) is 0.733. The van der Waals surface area contributed by atoms with Gasteiger partial charge in [-0.15, -0.1) is 0 Å². The molecule has 0 amide bonds. The van der Waals surface area contributed by atoms with Gasteiger partial charge in [-0.05, 0) is 24.6 Å². The third-order valence-corrected chi connectivity index (χ3v) is 3.32. The lowest BCUT2D eigenvalue weighted by molar-refractivity contribution is 0.103. The van der Waals surface area contributed by atoms with E-state index in [9.17, 15) is 4.79 Å². The van der Waals surface area contributed by atoms with Gasteiger partial charge in [0.05, 0.1) is 6.61 Å². The van der Waals surface area contributed by atoms with E-state index in [1.165, 1.54) is 0 Å².